The van der Waals surface area contributed by atoms with E-state index in [1.807, 2.05) is 0 Å². The highest BCUT2D eigenvalue weighted by atomic mass is 79.9. The van der Waals surface area contributed by atoms with Crippen molar-refractivity contribution in [3.8, 4) is 0 Å². The number of nitro benzene ring substituents is 1. The normalized spacial score (nSPS) is 10.9. The van der Waals surface area contributed by atoms with Gasteiger partial charge < -0.3 is 5.32 Å². The van der Waals surface area contributed by atoms with Crippen molar-refractivity contribution < 1.29 is 18.1 Å². The molecule has 0 saturated heterocycles. The van der Waals surface area contributed by atoms with Crippen LogP contribution in [0.15, 0.2) is 82.2 Å². The second kappa shape index (κ2) is 8.41. The number of nitrogens with zero attached hydrogens (tertiary/aromatic N) is 1. The highest BCUT2D eigenvalue weighted by Gasteiger charge is 2.15. The number of carbonyl (C=O) groups excluding carboxylic acids is 1. The molecule has 0 aliphatic rings. The zero-order valence-corrected chi connectivity index (χ0v) is 17.1. The first kappa shape index (κ1) is 20.5. The van der Waals surface area contributed by atoms with Crippen LogP contribution in [0.2, 0.25) is 0 Å². The molecule has 0 bridgehead atoms. The number of amides is 1. The SMILES string of the molecule is O=C(Nc1ccc(S(=O)(=O)Nc2ccc(Br)cc2)cc1)c1ccc([N+](=O)[O-])cc1. The van der Waals surface area contributed by atoms with Crippen LogP contribution in [0.5, 0.6) is 0 Å². The molecule has 148 valence electrons. The summed E-state index contributed by atoms with van der Waals surface area (Å²) in [5, 5.41) is 13.3. The number of anilines is 2. The predicted molar refractivity (Wildman–Crippen MR) is 112 cm³/mol. The van der Waals surface area contributed by atoms with Crippen LogP contribution in [0.1, 0.15) is 10.4 Å². The number of sulfonamides is 1. The van der Waals surface area contributed by atoms with Crippen molar-refractivity contribution in [2.24, 2.45) is 0 Å². The summed E-state index contributed by atoms with van der Waals surface area (Å²) in [6.45, 7) is 0. The van der Waals surface area contributed by atoms with E-state index in [-0.39, 0.29) is 16.1 Å². The van der Waals surface area contributed by atoms with Crippen molar-refractivity contribution in [1.29, 1.82) is 0 Å². The molecule has 29 heavy (non-hydrogen) atoms. The van der Waals surface area contributed by atoms with Gasteiger partial charge in [-0.05, 0) is 60.7 Å². The maximum Gasteiger partial charge on any atom is 0.269 e. The van der Waals surface area contributed by atoms with E-state index in [0.29, 0.717) is 11.4 Å². The topological polar surface area (TPSA) is 118 Å². The van der Waals surface area contributed by atoms with Crippen LogP contribution in [0.25, 0.3) is 0 Å². The second-order valence-electron chi connectivity index (χ2n) is 5.89. The van der Waals surface area contributed by atoms with Gasteiger partial charge in [0.15, 0.2) is 0 Å². The smallest absolute Gasteiger partial charge is 0.269 e. The average molecular weight is 476 g/mol. The van der Waals surface area contributed by atoms with E-state index in [1.54, 1.807) is 24.3 Å². The van der Waals surface area contributed by atoms with Crippen molar-refractivity contribution in [3.05, 3.63) is 92.9 Å². The number of carbonyl (C=O) groups is 1. The van der Waals surface area contributed by atoms with Gasteiger partial charge in [-0.2, -0.15) is 0 Å². The molecule has 10 heteroatoms. The highest BCUT2D eigenvalue weighted by Crippen LogP contribution is 2.20. The van der Waals surface area contributed by atoms with E-state index in [1.165, 1.54) is 48.5 Å². The predicted octanol–water partition coefficient (Wildman–Crippen LogP) is 4.41. The summed E-state index contributed by atoms with van der Waals surface area (Å²) in [5.74, 6) is -0.469. The number of halogens is 1. The van der Waals surface area contributed by atoms with E-state index in [9.17, 15) is 23.3 Å². The number of hydrogen-bond donors (Lipinski definition) is 2. The lowest BCUT2D eigenvalue weighted by molar-refractivity contribution is -0.384. The van der Waals surface area contributed by atoms with Gasteiger partial charge in [0, 0.05) is 33.5 Å². The van der Waals surface area contributed by atoms with Gasteiger partial charge in [0.2, 0.25) is 0 Å². The summed E-state index contributed by atoms with van der Waals surface area (Å²) in [6, 6.07) is 17.5. The van der Waals surface area contributed by atoms with Crippen molar-refractivity contribution in [2.45, 2.75) is 4.90 Å². The molecule has 2 N–H and O–H groups in total. The molecule has 3 rings (SSSR count). The van der Waals surface area contributed by atoms with Gasteiger partial charge in [0.1, 0.15) is 0 Å². The fraction of sp³-hybridized carbons (Fsp3) is 0. The van der Waals surface area contributed by atoms with Gasteiger partial charge in [0.25, 0.3) is 21.6 Å². The Hall–Kier alpha value is -3.24. The molecule has 0 heterocycles. The zero-order chi connectivity index (χ0) is 21.0. The molecule has 3 aromatic rings. The summed E-state index contributed by atoms with van der Waals surface area (Å²) in [7, 11) is -3.78. The maximum absolute atomic E-state index is 12.5. The molecule has 0 radical (unpaired) electrons. The van der Waals surface area contributed by atoms with Gasteiger partial charge in [-0.25, -0.2) is 8.42 Å². The quantitative estimate of drug-likeness (QED) is 0.404. The molecule has 0 saturated carbocycles. The molecule has 0 spiro atoms. The molecule has 0 atom stereocenters. The lowest BCUT2D eigenvalue weighted by Gasteiger charge is -2.10. The standard InChI is InChI=1S/C19H14BrN3O5S/c20-14-3-5-16(6-4-14)22-29(27,28)18-11-7-15(8-12-18)21-19(24)13-1-9-17(10-2-13)23(25)26/h1-12,22H,(H,21,24). The van der Waals surface area contributed by atoms with E-state index < -0.39 is 20.9 Å². The van der Waals surface area contributed by atoms with Crippen molar-refractivity contribution in [3.63, 3.8) is 0 Å². The Kier molecular flexibility index (Phi) is 5.95. The molecule has 0 aliphatic heterocycles. The Balaban J connectivity index is 1.69. The van der Waals surface area contributed by atoms with Crippen LogP contribution in [0, 0.1) is 10.1 Å². The fourth-order valence-electron chi connectivity index (χ4n) is 2.39. The lowest BCUT2D eigenvalue weighted by atomic mass is 10.2. The van der Waals surface area contributed by atoms with E-state index in [4.69, 9.17) is 0 Å². The van der Waals surface area contributed by atoms with Gasteiger partial charge >= 0.3 is 0 Å². The first-order valence-electron chi connectivity index (χ1n) is 8.19. The Bertz CT molecular complexity index is 1150. The van der Waals surface area contributed by atoms with Crippen LogP contribution in [0.4, 0.5) is 17.1 Å². The summed E-state index contributed by atoms with van der Waals surface area (Å²) < 4.78 is 28.2. The number of nitrogens with one attached hydrogen (secondary N) is 2. The third kappa shape index (κ3) is 5.18. The molecule has 1 amide bonds. The maximum atomic E-state index is 12.5. The molecular weight excluding hydrogens is 462 g/mol. The van der Waals surface area contributed by atoms with E-state index in [2.05, 4.69) is 26.0 Å². The lowest BCUT2D eigenvalue weighted by Crippen LogP contribution is -2.14. The van der Waals surface area contributed by atoms with Crippen LogP contribution in [-0.2, 0) is 10.0 Å². The third-order valence-corrected chi connectivity index (χ3v) is 5.79. The molecule has 8 nitrogen and oxygen atoms in total. The first-order valence-corrected chi connectivity index (χ1v) is 10.5. The van der Waals surface area contributed by atoms with E-state index in [0.717, 1.165) is 4.47 Å². The number of benzene rings is 3. The summed E-state index contributed by atoms with van der Waals surface area (Å²) in [6.07, 6.45) is 0. The largest absolute Gasteiger partial charge is 0.322 e. The van der Waals surface area contributed by atoms with Crippen LogP contribution in [0.3, 0.4) is 0 Å². The van der Waals surface area contributed by atoms with Crippen LogP contribution in [-0.4, -0.2) is 19.2 Å². The minimum atomic E-state index is -3.78. The number of hydrogen-bond acceptors (Lipinski definition) is 5. The number of nitro groups is 1. The van der Waals surface area contributed by atoms with Crippen molar-refractivity contribution in [2.75, 3.05) is 10.0 Å². The minimum absolute atomic E-state index is 0.0359. The first-order chi connectivity index (χ1) is 13.7. The van der Waals surface area contributed by atoms with E-state index >= 15 is 0 Å². The number of rotatable bonds is 6. The highest BCUT2D eigenvalue weighted by molar-refractivity contribution is 9.10. The Morgan fingerprint density at radius 1 is 0.862 bits per heavy atom. The average Bonchev–Trinajstić information content (AvgIpc) is 2.70. The minimum Gasteiger partial charge on any atom is -0.322 e. The molecule has 0 aliphatic carbocycles. The molecule has 0 fully saturated rings. The summed E-state index contributed by atoms with van der Waals surface area (Å²) >= 11 is 3.28. The monoisotopic (exact) mass is 475 g/mol. The second-order valence-corrected chi connectivity index (χ2v) is 8.49. The Morgan fingerprint density at radius 2 is 1.41 bits per heavy atom. The van der Waals surface area contributed by atoms with Gasteiger partial charge in [-0.15, -0.1) is 0 Å². The summed E-state index contributed by atoms with van der Waals surface area (Å²) in [5.41, 5.74) is 0.929. The van der Waals surface area contributed by atoms with Crippen molar-refractivity contribution in [1.82, 2.24) is 0 Å². The zero-order valence-electron chi connectivity index (χ0n) is 14.7. The molecule has 3 aromatic carbocycles. The van der Waals surface area contributed by atoms with Gasteiger partial charge in [-0.1, -0.05) is 15.9 Å². The Morgan fingerprint density at radius 3 is 1.97 bits per heavy atom. The third-order valence-electron chi connectivity index (χ3n) is 3.86. The van der Waals surface area contributed by atoms with Crippen LogP contribution >= 0.6 is 15.9 Å². The number of non-ortho nitro benzene ring substituents is 1. The molecule has 0 aromatic heterocycles. The van der Waals surface area contributed by atoms with Crippen LogP contribution < -0.4 is 10.0 Å². The Labute approximate surface area is 174 Å². The summed E-state index contributed by atoms with van der Waals surface area (Å²) in [4.78, 5) is 22.4. The molecule has 0 unspecified atom stereocenters. The van der Waals surface area contributed by atoms with Crippen molar-refractivity contribution >= 4 is 48.9 Å². The van der Waals surface area contributed by atoms with Gasteiger partial charge in [-0.3, -0.25) is 19.6 Å². The van der Waals surface area contributed by atoms with Gasteiger partial charge in [0.05, 0.1) is 9.82 Å². The molecular formula is C19H14BrN3O5S. The fourth-order valence-corrected chi connectivity index (χ4v) is 3.71.